The molecule has 0 fully saturated rings. The second-order valence-electron chi connectivity index (χ2n) is 5.17. The summed E-state index contributed by atoms with van der Waals surface area (Å²) in [4.78, 5) is 0. The van der Waals surface area contributed by atoms with Crippen LogP contribution in [0.1, 0.15) is 18.1 Å². The lowest BCUT2D eigenvalue weighted by atomic mass is 10.1. The molecule has 0 saturated heterocycles. The van der Waals surface area contributed by atoms with E-state index in [2.05, 4.69) is 53.3 Å². The molecule has 108 valence electrons. The number of nitrogens with one attached hydrogen (secondary N) is 1. The molecule has 0 aliphatic carbocycles. The highest BCUT2D eigenvalue weighted by Crippen LogP contribution is 2.23. The smallest absolute Gasteiger partial charge is 0.0490 e. The molecule has 3 aromatic rings. The van der Waals surface area contributed by atoms with E-state index in [1.54, 1.807) is 0 Å². The third-order valence-corrected chi connectivity index (χ3v) is 4.14. The van der Waals surface area contributed by atoms with Gasteiger partial charge in [-0.05, 0) is 35.9 Å². The topological polar surface area (TPSA) is 17.0 Å². The number of halogens is 1. The number of hydrogen-bond donors (Lipinski definition) is 1. The van der Waals surface area contributed by atoms with Gasteiger partial charge in [0, 0.05) is 35.2 Å². The zero-order chi connectivity index (χ0) is 14.7. The Balaban J connectivity index is 1.95. The molecule has 3 heteroatoms. The standard InChI is InChI=1S/C18H19ClN2/c1-2-20-12-14-7-5-9-18-16(14)10-11-21(18)13-15-6-3-4-8-17(15)19/h3-11,20H,2,12-13H2,1H3. The van der Waals surface area contributed by atoms with Gasteiger partial charge < -0.3 is 9.88 Å². The molecule has 1 aromatic heterocycles. The van der Waals surface area contributed by atoms with Gasteiger partial charge in [-0.1, -0.05) is 48.9 Å². The number of aromatic nitrogens is 1. The van der Waals surface area contributed by atoms with Crippen molar-refractivity contribution in [1.82, 2.24) is 9.88 Å². The lowest BCUT2D eigenvalue weighted by molar-refractivity contribution is 0.730. The second-order valence-corrected chi connectivity index (χ2v) is 5.57. The minimum atomic E-state index is 0.799. The Morgan fingerprint density at radius 3 is 2.62 bits per heavy atom. The van der Waals surface area contributed by atoms with Crippen LogP contribution in [0.15, 0.2) is 54.7 Å². The molecule has 0 spiro atoms. The van der Waals surface area contributed by atoms with Gasteiger partial charge in [-0.15, -0.1) is 0 Å². The molecule has 21 heavy (non-hydrogen) atoms. The van der Waals surface area contributed by atoms with E-state index in [0.29, 0.717) is 0 Å². The van der Waals surface area contributed by atoms with Crippen LogP contribution in [0.5, 0.6) is 0 Å². The molecule has 3 rings (SSSR count). The molecule has 0 aliphatic rings. The van der Waals surface area contributed by atoms with Crippen LogP contribution in [0.4, 0.5) is 0 Å². The summed E-state index contributed by atoms with van der Waals surface area (Å²) in [6, 6.07) is 16.7. The Morgan fingerprint density at radius 2 is 1.81 bits per heavy atom. The van der Waals surface area contributed by atoms with E-state index in [9.17, 15) is 0 Å². The first-order valence-corrected chi connectivity index (χ1v) is 7.68. The van der Waals surface area contributed by atoms with Crippen LogP contribution in [0, 0.1) is 0 Å². The average Bonchev–Trinajstić information content (AvgIpc) is 2.91. The molecule has 0 amide bonds. The molecule has 0 unspecified atom stereocenters. The van der Waals surface area contributed by atoms with Gasteiger partial charge in [-0.25, -0.2) is 0 Å². The first kappa shape index (κ1) is 14.2. The monoisotopic (exact) mass is 298 g/mol. The van der Waals surface area contributed by atoms with E-state index in [0.717, 1.165) is 30.2 Å². The van der Waals surface area contributed by atoms with E-state index < -0.39 is 0 Å². The van der Waals surface area contributed by atoms with E-state index in [-0.39, 0.29) is 0 Å². The molecule has 1 N–H and O–H groups in total. The second kappa shape index (κ2) is 6.33. The average molecular weight is 299 g/mol. The fourth-order valence-corrected chi connectivity index (χ4v) is 2.84. The van der Waals surface area contributed by atoms with Gasteiger partial charge in [-0.3, -0.25) is 0 Å². The van der Waals surface area contributed by atoms with Crippen LogP contribution < -0.4 is 5.32 Å². The fourth-order valence-electron chi connectivity index (χ4n) is 2.65. The highest BCUT2D eigenvalue weighted by atomic mass is 35.5. The van der Waals surface area contributed by atoms with Crippen LogP contribution in [-0.4, -0.2) is 11.1 Å². The summed E-state index contributed by atoms with van der Waals surface area (Å²) in [5, 5.41) is 5.53. The Morgan fingerprint density at radius 1 is 1.00 bits per heavy atom. The fraction of sp³-hybridized carbons (Fsp3) is 0.222. The Bertz CT molecular complexity index is 746. The first-order chi connectivity index (χ1) is 10.3. The SMILES string of the molecule is CCNCc1cccc2c1ccn2Cc1ccccc1Cl. The minimum absolute atomic E-state index is 0.799. The quantitative estimate of drug-likeness (QED) is 0.736. The molecular weight excluding hydrogens is 280 g/mol. The van der Waals surface area contributed by atoms with Crippen LogP contribution in [-0.2, 0) is 13.1 Å². The Kier molecular flexibility index (Phi) is 4.28. The van der Waals surface area contributed by atoms with E-state index in [1.807, 2.05) is 18.2 Å². The van der Waals surface area contributed by atoms with Gasteiger partial charge in [0.1, 0.15) is 0 Å². The third-order valence-electron chi connectivity index (χ3n) is 3.77. The number of benzene rings is 2. The van der Waals surface area contributed by atoms with Crippen LogP contribution in [0.25, 0.3) is 10.9 Å². The molecule has 1 heterocycles. The molecule has 0 radical (unpaired) electrons. The van der Waals surface area contributed by atoms with Gasteiger partial charge in [0.15, 0.2) is 0 Å². The summed E-state index contributed by atoms with van der Waals surface area (Å²) in [5.74, 6) is 0. The number of hydrogen-bond acceptors (Lipinski definition) is 1. The molecular formula is C18H19ClN2. The van der Waals surface area contributed by atoms with Gasteiger partial charge in [0.2, 0.25) is 0 Å². The van der Waals surface area contributed by atoms with Gasteiger partial charge in [0.25, 0.3) is 0 Å². The van der Waals surface area contributed by atoms with Crippen molar-refractivity contribution in [2.45, 2.75) is 20.0 Å². The van der Waals surface area contributed by atoms with Crippen molar-refractivity contribution in [2.24, 2.45) is 0 Å². The molecule has 0 atom stereocenters. The molecule has 2 nitrogen and oxygen atoms in total. The van der Waals surface area contributed by atoms with Crippen molar-refractivity contribution in [2.75, 3.05) is 6.54 Å². The first-order valence-electron chi connectivity index (χ1n) is 7.30. The van der Waals surface area contributed by atoms with Gasteiger partial charge in [-0.2, -0.15) is 0 Å². The van der Waals surface area contributed by atoms with Crippen LogP contribution in [0.3, 0.4) is 0 Å². The van der Waals surface area contributed by atoms with Crippen molar-refractivity contribution in [3.8, 4) is 0 Å². The maximum Gasteiger partial charge on any atom is 0.0490 e. The van der Waals surface area contributed by atoms with Crippen molar-refractivity contribution < 1.29 is 0 Å². The van der Waals surface area contributed by atoms with E-state index >= 15 is 0 Å². The maximum atomic E-state index is 6.27. The number of fused-ring (bicyclic) bond motifs is 1. The Hall–Kier alpha value is -1.77. The zero-order valence-electron chi connectivity index (χ0n) is 12.1. The predicted octanol–water partition coefficient (Wildman–Crippen LogP) is 4.45. The van der Waals surface area contributed by atoms with Crippen molar-refractivity contribution >= 4 is 22.5 Å². The van der Waals surface area contributed by atoms with Gasteiger partial charge >= 0.3 is 0 Å². The summed E-state index contributed by atoms with van der Waals surface area (Å²) in [7, 11) is 0. The summed E-state index contributed by atoms with van der Waals surface area (Å²) in [6.45, 7) is 4.82. The summed E-state index contributed by atoms with van der Waals surface area (Å²) in [6.07, 6.45) is 2.14. The van der Waals surface area contributed by atoms with Crippen LogP contribution in [0.2, 0.25) is 5.02 Å². The molecule has 2 aromatic carbocycles. The maximum absolute atomic E-state index is 6.27. The normalized spacial score (nSPS) is 11.1. The minimum Gasteiger partial charge on any atom is -0.343 e. The lowest BCUT2D eigenvalue weighted by Crippen LogP contribution is -2.11. The predicted molar refractivity (Wildman–Crippen MR) is 89.9 cm³/mol. The molecule has 0 bridgehead atoms. The zero-order valence-corrected chi connectivity index (χ0v) is 12.9. The van der Waals surface area contributed by atoms with Crippen molar-refractivity contribution in [3.63, 3.8) is 0 Å². The van der Waals surface area contributed by atoms with Crippen LogP contribution >= 0.6 is 11.6 Å². The molecule has 0 saturated carbocycles. The van der Waals surface area contributed by atoms with E-state index in [4.69, 9.17) is 11.6 Å². The summed E-state index contributed by atoms with van der Waals surface area (Å²) >= 11 is 6.27. The Labute approximate surface area is 130 Å². The van der Waals surface area contributed by atoms with Gasteiger partial charge in [0.05, 0.1) is 0 Å². The number of nitrogens with zero attached hydrogens (tertiary/aromatic N) is 1. The summed E-state index contributed by atoms with van der Waals surface area (Å²) < 4.78 is 2.26. The van der Waals surface area contributed by atoms with E-state index in [1.165, 1.54) is 16.5 Å². The largest absolute Gasteiger partial charge is 0.343 e. The van der Waals surface area contributed by atoms with Crippen molar-refractivity contribution in [1.29, 1.82) is 0 Å². The lowest BCUT2D eigenvalue weighted by Gasteiger charge is -2.09. The third kappa shape index (κ3) is 2.97. The highest BCUT2D eigenvalue weighted by Gasteiger charge is 2.07. The molecule has 0 aliphatic heterocycles. The van der Waals surface area contributed by atoms with Crippen molar-refractivity contribution in [3.05, 3.63) is 70.9 Å². The highest BCUT2D eigenvalue weighted by molar-refractivity contribution is 6.31. The number of rotatable bonds is 5. The summed E-state index contributed by atoms with van der Waals surface area (Å²) in [5.41, 5.74) is 3.74.